The average molecular weight is 454 g/mol. The molecule has 2 aromatic carbocycles. The van der Waals surface area contributed by atoms with Crippen molar-refractivity contribution < 1.29 is 9.53 Å². The van der Waals surface area contributed by atoms with Crippen LogP contribution in [0.25, 0.3) is 11.1 Å². The number of nitrogens with zero attached hydrogens (tertiary/aromatic N) is 3. The molecule has 0 fully saturated rings. The predicted molar refractivity (Wildman–Crippen MR) is 137 cm³/mol. The number of carbonyl (C=O) groups is 1. The van der Waals surface area contributed by atoms with Crippen LogP contribution in [-0.2, 0) is 0 Å². The van der Waals surface area contributed by atoms with Gasteiger partial charge in [0.2, 0.25) is 5.88 Å². The highest BCUT2D eigenvalue weighted by atomic mass is 16.5. The summed E-state index contributed by atoms with van der Waals surface area (Å²) in [5.74, 6) is 1.66. The molecule has 4 rings (SSSR count). The molecular formula is C27H27N5O2. The van der Waals surface area contributed by atoms with Crippen LogP contribution in [0.2, 0.25) is 0 Å². The zero-order chi connectivity index (χ0) is 24.1. The number of pyridine rings is 2. The van der Waals surface area contributed by atoms with Crippen LogP contribution < -0.4 is 20.3 Å². The van der Waals surface area contributed by atoms with Crippen molar-refractivity contribution in [3.63, 3.8) is 0 Å². The lowest BCUT2D eigenvalue weighted by Gasteiger charge is -2.15. The van der Waals surface area contributed by atoms with Crippen molar-refractivity contribution in [1.29, 1.82) is 0 Å². The van der Waals surface area contributed by atoms with Crippen LogP contribution in [-0.4, -0.2) is 37.0 Å². The number of anilines is 3. The van der Waals surface area contributed by atoms with Gasteiger partial charge in [0.25, 0.3) is 5.91 Å². The van der Waals surface area contributed by atoms with Gasteiger partial charge in [0, 0.05) is 62.1 Å². The molecule has 0 atom stereocenters. The molecule has 0 aliphatic carbocycles. The molecular weight excluding hydrogens is 426 g/mol. The highest BCUT2D eigenvalue weighted by Crippen LogP contribution is 2.34. The van der Waals surface area contributed by atoms with E-state index in [1.165, 1.54) is 0 Å². The van der Waals surface area contributed by atoms with Crippen LogP contribution in [0.4, 0.5) is 17.2 Å². The number of rotatable bonds is 7. The summed E-state index contributed by atoms with van der Waals surface area (Å²) in [7, 11) is 5.71. The number of hydrogen-bond donors (Lipinski definition) is 2. The normalized spacial score (nSPS) is 10.5. The summed E-state index contributed by atoms with van der Waals surface area (Å²) in [6.45, 7) is 1.95. The first-order valence-corrected chi connectivity index (χ1v) is 10.9. The maximum absolute atomic E-state index is 12.8. The summed E-state index contributed by atoms with van der Waals surface area (Å²) in [5, 5.41) is 6.01. The Hall–Kier alpha value is -4.39. The molecule has 7 nitrogen and oxygen atoms in total. The molecule has 34 heavy (non-hydrogen) atoms. The summed E-state index contributed by atoms with van der Waals surface area (Å²) >= 11 is 0. The molecule has 0 radical (unpaired) electrons. The maximum atomic E-state index is 12.8. The largest absolute Gasteiger partial charge is 0.438 e. The van der Waals surface area contributed by atoms with Gasteiger partial charge in [-0.15, -0.1) is 0 Å². The van der Waals surface area contributed by atoms with Gasteiger partial charge in [-0.05, 0) is 66.6 Å². The Morgan fingerprint density at radius 2 is 1.79 bits per heavy atom. The number of amides is 1. The quantitative estimate of drug-likeness (QED) is 0.379. The molecule has 2 aromatic heterocycles. The van der Waals surface area contributed by atoms with Crippen molar-refractivity contribution in [3.8, 4) is 22.8 Å². The van der Waals surface area contributed by atoms with Gasteiger partial charge in [0.15, 0.2) is 0 Å². The van der Waals surface area contributed by atoms with Crippen LogP contribution >= 0.6 is 0 Å². The minimum Gasteiger partial charge on any atom is -0.438 e. The third-order valence-corrected chi connectivity index (χ3v) is 5.38. The monoisotopic (exact) mass is 453 g/mol. The van der Waals surface area contributed by atoms with E-state index < -0.39 is 0 Å². The third kappa shape index (κ3) is 5.15. The zero-order valence-corrected chi connectivity index (χ0v) is 19.7. The lowest BCUT2D eigenvalue weighted by Crippen LogP contribution is -2.14. The zero-order valence-electron chi connectivity index (χ0n) is 19.7. The number of ether oxygens (including phenoxy) is 1. The van der Waals surface area contributed by atoms with Crippen molar-refractivity contribution in [3.05, 3.63) is 90.3 Å². The van der Waals surface area contributed by atoms with Crippen molar-refractivity contribution in [2.45, 2.75) is 6.92 Å². The van der Waals surface area contributed by atoms with Gasteiger partial charge in [0.1, 0.15) is 11.6 Å². The minimum absolute atomic E-state index is 0.187. The van der Waals surface area contributed by atoms with Gasteiger partial charge in [-0.1, -0.05) is 12.1 Å². The topological polar surface area (TPSA) is 79.4 Å². The number of aryl methyl sites for hydroxylation is 1. The Kier molecular flexibility index (Phi) is 6.73. The number of nitrogens with one attached hydrogen (secondary N) is 2. The predicted octanol–water partition coefficient (Wildman–Crippen LogP) is 5.60. The van der Waals surface area contributed by atoms with E-state index in [0.717, 1.165) is 28.2 Å². The SMILES string of the molecule is CNc1cc(-c2cccnc2Oc2cc(NC(=O)c3cccc(N(C)C)c3)ccc2C)ccn1. The molecule has 0 aliphatic rings. The smallest absolute Gasteiger partial charge is 0.255 e. The Bertz CT molecular complexity index is 1320. The second-order valence-corrected chi connectivity index (χ2v) is 8.02. The van der Waals surface area contributed by atoms with E-state index in [1.807, 2.05) is 93.6 Å². The van der Waals surface area contributed by atoms with Gasteiger partial charge >= 0.3 is 0 Å². The molecule has 0 saturated heterocycles. The Balaban J connectivity index is 1.59. The fourth-order valence-electron chi connectivity index (χ4n) is 3.45. The highest BCUT2D eigenvalue weighted by Gasteiger charge is 2.13. The van der Waals surface area contributed by atoms with E-state index in [0.29, 0.717) is 22.9 Å². The lowest BCUT2D eigenvalue weighted by atomic mass is 10.1. The van der Waals surface area contributed by atoms with E-state index >= 15 is 0 Å². The maximum Gasteiger partial charge on any atom is 0.255 e. The first-order valence-electron chi connectivity index (χ1n) is 10.9. The van der Waals surface area contributed by atoms with Gasteiger partial charge in [-0.2, -0.15) is 0 Å². The van der Waals surface area contributed by atoms with Crippen LogP contribution in [0.1, 0.15) is 15.9 Å². The van der Waals surface area contributed by atoms with E-state index in [2.05, 4.69) is 20.6 Å². The first kappa shape index (κ1) is 22.8. The number of carbonyl (C=O) groups excluding carboxylic acids is 1. The summed E-state index contributed by atoms with van der Waals surface area (Å²) in [5.41, 5.74) is 4.88. The van der Waals surface area contributed by atoms with E-state index in [9.17, 15) is 4.79 Å². The molecule has 0 bridgehead atoms. The van der Waals surface area contributed by atoms with E-state index in [4.69, 9.17) is 4.74 Å². The van der Waals surface area contributed by atoms with Gasteiger partial charge in [-0.3, -0.25) is 4.79 Å². The Morgan fingerprint density at radius 3 is 2.59 bits per heavy atom. The summed E-state index contributed by atoms with van der Waals surface area (Å²) in [6.07, 6.45) is 3.43. The Morgan fingerprint density at radius 1 is 0.941 bits per heavy atom. The van der Waals surface area contributed by atoms with Crippen LogP contribution in [0.3, 0.4) is 0 Å². The lowest BCUT2D eigenvalue weighted by molar-refractivity contribution is 0.102. The molecule has 0 unspecified atom stereocenters. The second kappa shape index (κ2) is 10.0. The van der Waals surface area contributed by atoms with Crippen molar-refractivity contribution in [1.82, 2.24) is 9.97 Å². The third-order valence-electron chi connectivity index (χ3n) is 5.38. The van der Waals surface area contributed by atoms with Crippen LogP contribution in [0.5, 0.6) is 11.6 Å². The molecule has 7 heteroatoms. The fourth-order valence-corrected chi connectivity index (χ4v) is 3.45. The van der Waals surface area contributed by atoms with Crippen molar-refractivity contribution >= 4 is 23.1 Å². The number of benzene rings is 2. The molecule has 0 aliphatic heterocycles. The minimum atomic E-state index is -0.187. The molecule has 0 saturated carbocycles. The van der Waals surface area contributed by atoms with Crippen molar-refractivity contribution in [2.75, 3.05) is 36.7 Å². The van der Waals surface area contributed by atoms with Gasteiger partial charge in [0.05, 0.1) is 0 Å². The molecule has 172 valence electrons. The first-order chi connectivity index (χ1) is 16.4. The van der Waals surface area contributed by atoms with Crippen molar-refractivity contribution in [2.24, 2.45) is 0 Å². The highest BCUT2D eigenvalue weighted by molar-refractivity contribution is 6.05. The molecule has 0 spiro atoms. The second-order valence-electron chi connectivity index (χ2n) is 8.02. The molecule has 2 N–H and O–H groups in total. The Labute approximate surface area is 199 Å². The van der Waals surface area contributed by atoms with E-state index in [-0.39, 0.29) is 5.91 Å². The summed E-state index contributed by atoms with van der Waals surface area (Å²) in [4.78, 5) is 23.5. The van der Waals surface area contributed by atoms with Crippen LogP contribution in [0, 0.1) is 6.92 Å². The molecule has 1 amide bonds. The van der Waals surface area contributed by atoms with Gasteiger partial charge < -0.3 is 20.3 Å². The fraction of sp³-hybridized carbons (Fsp3) is 0.148. The summed E-state index contributed by atoms with van der Waals surface area (Å²) in [6, 6.07) is 20.7. The molecule has 2 heterocycles. The molecule has 4 aromatic rings. The standard InChI is InChI=1S/C27H27N5O2/c1-18-10-11-21(31-26(33)20-7-5-8-22(15-20)32(3)4)17-24(18)34-27-23(9-6-13-30-27)19-12-14-29-25(16-19)28-2/h5-17H,1-4H3,(H,28,29)(H,31,33). The number of hydrogen-bond acceptors (Lipinski definition) is 6. The average Bonchev–Trinajstić information content (AvgIpc) is 2.86. The number of aromatic nitrogens is 2. The summed E-state index contributed by atoms with van der Waals surface area (Å²) < 4.78 is 6.24. The van der Waals surface area contributed by atoms with Gasteiger partial charge in [-0.25, -0.2) is 9.97 Å². The van der Waals surface area contributed by atoms with Crippen LogP contribution in [0.15, 0.2) is 79.1 Å². The van der Waals surface area contributed by atoms with E-state index in [1.54, 1.807) is 18.5 Å².